The van der Waals surface area contributed by atoms with Crippen molar-refractivity contribution in [1.29, 1.82) is 0 Å². The highest BCUT2D eigenvalue weighted by molar-refractivity contribution is 7.15. The van der Waals surface area contributed by atoms with Crippen molar-refractivity contribution in [2.45, 2.75) is 20.3 Å². The molecule has 0 amide bonds. The van der Waals surface area contributed by atoms with E-state index >= 15 is 0 Å². The van der Waals surface area contributed by atoms with Crippen molar-refractivity contribution in [2.75, 3.05) is 36.0 Å². The summed E-state index contributed by atoms with van der Waals surface area (Å²) in [4.78, 5) is 22.9. The number of nitrogens with zero attached hydrogens (tertiary/aromatic N) is 5. The number of thiazole rings is 1. The van der Waals surface area contributed by atoms with Gasteiger partial charge in [0.15, 0.2) is 10.9 Å². The molecule has 3 aromatic heterocycles. The molecule has 0 radical (unpaired) electrons. The van der Waals surface area contributed by atoms with E-state index in [4.69, 9.17) is 0 Å². The van der Waals surface area contributed by atoms with Gasteiger partial charge in [0.25, 0.3) is 0 Å². The van der Waals surface area contributed by atoms with Gasteiger partial charge in [-0.2, -0.15) is 0 Å². The predicted octanol–water partition coefficient (Wildman–Crippen LogP) is 2.61. The summed E-state index contributed by atoms with van der Waals surface area (Å²) in [6.45, 7) is 8.07. The highest BCUT2D eigenvalue weighted by Gasteiger charge is 2.22. The third-order valence-electron chi connectivity index (χ3n) is 4.27. The summed E-state index contributed by atoms with van der Waals surface area (Å²) in [6.07, 6.45) is 4.72. The van der Waals surface area contributed by atoms with Crippen LogP contribution in [0.15, 0.2) is 18.6 Å². The molecule has 4 rings (SSSR count). The van der Waals surface area contributed by atoms with Crippen LogP contribution in [0.4, 0.5) is 10.9 Å². The molecule has 0 aliphatic carbocycles. The molecule has 0 spiro atoms. The van der Waals surface area contributed by atoms with Crippen LogP contribution in [0, 0.1) is 6.92 Å². The Morgan fingerprint density at radius 3 is 2.65 bits per heavy atom. The lowest BCUT2D eigenvalue weighted by atomic mass is 10.3. The van der Waals surface area contributed by atoms with E-state index in [1.165, 1.54) is 4.88 Å². The lowest BCUT2D eigenvalue weighted by Gasteiger charge is -2.35. The molecule has 4 heterocycles. The summed E-state index contributed by atoms with van der Waals surface area (Å²) in [5.74, 6) is 1.01. The molecule has 1 aliphatic heterocycles. The van der Waals surface area contributed by atoms with E-state index in [1.807, 2.05) is 6.20 Å². The summed E-state index contributed by atoms with van der Waals surface area (Å²) in [7, 11) is 0. The van der Waals surface area contributed by atoms with Crippen LogP contribution in [0.1, 0.15) is 17.5 Å². The Labute approximate surface area is 139 Å². The van der Waals surface area contributed by atoms with Crippen LogP contribution in [0.25, 0.3) is 11.0 Å². The van der Waals surface area contributed by atoms with Crippen molar-refractivity contribution in [3.05, 3.63) is 29.2 Å². The van der Waals surface area contributed by atoms with Crippen LogP contribution in [-0.4, -0.2) is 46.1 Å². The zero-order valence-corrected chi connectivity index (χ0v) is 14.2. The molecule has 1 saturated heterocycles. The van der Waals surface area contributed by atoms with Crippen molar-refractivity contribution >= 4 is 33.3 Å². The average molecular weight is 328 g/mol. The van der Waals surface area contributed by atoms with Crippen LogP contribution in [-0.2, 0) is 6.42 Å². The number of anilines is 2. The molecule has 0 aromatic carbocycles. The monoisotopic (exact) mass is 328 g/mol. The Balaban J connectivity index is 1.52. The molecular formula is C16H20N6S. The van der Waals surface area contributed by atoms with E-state index in [2.05, 4.69) is 49.6 Å². The van der Waals surface area contributed by atoms with E-state index in [-0.39, 0.29) is 0 Å². The van der Waals surface area contributed by atoms with Gasteiger partial charge in [-0.25, -0.2) is 15.0 Å². The summed E-state index contributed by atoms with van der Waals surface area (Å²) in [5.41, 5.74) is 3.15. The largest absolute Gasteiger partial charge is 0.354 e. The minimum absolute atomic E-state index is 0.950. The van der Waals surface area contributed by atoms with Crippen LogP contribution in [0.2, 0.25) is 0 Å². The van der Waals surface area contributed by atoms with Crippen molar-refractivity contribution in [1.82, 2.24) is 19.9 Å². The maximum Gasteiger partial charge on any atom is 0.185 e. The molecule has 0 saturated carbocycles. The van der Waals surface area contributed by atoms with Crippen LogP contribution < -0.4 is 9.80 Å². The molecule has 0 unspecified atom stereocenters. The SMILES string of the molecule is CCc1cnc(N2CCN(c3ncnc4cc(C)[nH]c34)CC2)s1. The molecule has 1 fully saturated rings. The Kier molecular flexibility index (Phi) is 3.65. The molecule has 0 atom stereocenters. The minimum atomic E-state index is 0.950. The minimum Gasteiger partial charge on any atom is -0.354 e. The van der Waals surface area contributed by atoms with Crippen LogP contribution in [0.5, 0.6) is 0 Å². The van der Waals surface area contributed by atoms with Gasteiger partial charge in [-0.3, -0.25) is 0 Å². The molecule has 23 heavy (non-hydrogen) atoms. The third-order valence-corrected chi connectivity index (χ3v) is 5.47. The van der Waals surface area contributed by atoms with Gasteiger partial charge in [-0.15, -0.1) is 11.3 Å². The molecule has 0 bridgehead atoms. The van der Waals surface area contributed by atoms with Gasteiger partial charge < -0.3 is 14.8 Å². The van der Waals surface area contributed by atoms with Gasteiger partial charge in [0, 0.05) is 42.9 Å². The maximum atomic E-state index is 4.56. The van der Waals surface area contributed by atoms with Gasteiger partial charge >= 0.3 is 0 Å². The predicted molar refractivity (Wildman–Crippen MR) is 94.5 cm³/mol. The van der Waals surface area contributed by atoms with Crippen LogP contribution in [0.3, 0.4) is 0 Å². The number of hydrogen-bond acceptors (Lipinski definition) is 6. The standard InChI is InChI=1S/C16H20N6S/c1-3-12-9-17-16(23-12)22-6-4-21(5-7-22)15-14-13(18-10-19-15)8-11(2)20-14/h8-10,20H,3-7H2,1-2H3. The van der Waals surface area contributed by atoms with E-state index in [9.17, 15) is 0 Å². The summed E-state index contributed by atoms with van der Waals surface area (Å²) in [6, 6.07) is 2.07. The van der Waals surface area contributed by atoms with Gasteiger partial charge in [0.1, 0.15) is 11.8 Å². The van der Waals surface area contributed by atoms with E-state index in [1.54, 1.807) is 17.7 Å². The first-order chi connectivity index (χ1) is 11.2. The number of H-pyrrole nitrogens is 1. The van der Waals surface area contributed by atoms with Gasteiger partial charge in [-0.1, -0.05) is 6.92 Å². The topological polar surface area (TPSA) is 60.9 Å². The number of rotatable bonds is 3. The number of hydrogen-bond donors (Lipinski definition) is 1. The first-order valence-corrected chi connectivity index (χ1v) is 8.81. The first kappa shape index (κ1) is 14.4. The Morgan fingerprint density at radius 1 is 1.13 bits per heavy atom. The lowest BCUT2D eigenvalue weighted by molar-refractivity contribution is 0.647. The normalized spacial score (nSPS) is 15.6. The smallest absolute Gasteiger partial charge is 0.185 e. The van der Waals surface area contributed by atoms with Crippen molar-refractivity contribution in [2.24, 2.45) is 0 Å². The highest BCUT2D eigenvalue weighted by Crippen LogP contribution is 2.27. The van der Waals surface area contributed by atoms with E-state index < -0.39 is 0 Å². The van der Waals surface area contributed by atoms with Crippen molar-refractivity contribution in [3.8, 4) is 0 Å². The van der Waals surface area contributed by atoms with Crippen molar-refractivity contribution in [3.63, 3.8) is 0 Å². The molecule has 120 valence electrons. The number of nitrogens with one attached hydrogen (secondary N) is 1. The number of fused-ring (bicyclic) bond motifs is 1. The van der Waals surface area contributed by atoms with E-state index in [0.29, 0.717) is 0 Å². The zero-order valence-electron chi connectivity index (χ0n) is 13.4. The summed E-state index contributed by atoms with van der Waals surface area (Å²) < 4.78 is 0. The Bertz CT molecular complexity index is 815. The fourth-order valence-corrected chi connectivity index (χ4v) is 3.91. The number of piperazine rings is 1. The quantitative estimate of drug-likeness (QED) is 0.801. The van der Waals surface area contributed by atoms with Gasteiger partial charge in [0.2, 0.25) is 0 Å². The summed E-state index contributed by atoms with van der Waals surface area (Å²) in [5, 5.41) is 1.14. The molecule has 7 heteroatoms. The maximum absolute atomic E-state index is 4.56. The average Bonchev–Trinajstić information content (AvgIpc) is 3.20. The number of aromatic nitrogens is 4. The Hall–Kier alpha value is -2.15. The fourth-order valence-electron chi connectivity index (χ4n) is 3.01. The van der Waals surface area contributed by atoms with Crippen LogP contribution >= 0.6 is 11.3 Å². The molecule has 3 aromatic rings. The first-order valence-electron chi connectivity index (χ1n) is 7.99. The second-order valence-corrected chi connectivity index (χ2v) is 6.94. The zero-order chi connectivity index (χ0) is 15.8. The third kappa shape index (κ3) is 2.65. The van der Waals surface area contributed by atoms with E-state index in [0.717, 1.165) is 60.3 Å². The Morgan fingerprint density at radius 2 is 1.91 bits per heavy atom. The van der Waals surface area contributed by atoms with Gasteiger partial charge in [-0.05, 0) is 19.4 Å². The van der Waals surface area contributed by atoms with Gasteiger partial charge in [0.05, 0.1) is 5.52 Å². The molecule has 1 aliphatic rings. The molecule has 6 nitrogen and oxygen atoms in total. The molecule has 1 N–H and O–H groups in total. The summed E-state index contributed by atoms with van der Waals surface area (Å²) >= 11 is 1.81. The molecular weight excluding hydrogens is 308 g/mol. The second kappa shape index (κ2) is 5.81. The number of aryl methyl sites for hydroxylation is 2. The lowest BCUT2D eigenvalue weighted by Crippen LogP contribution is -2.46. The highest BCUT2D eigenvalue weighted by atomic mass is 32.1. The number of aromatic amines is 1. The fraction of sp³-hybridized carbons (Fsp3) is 0.438. The second-order valence-electron chi connectivity index (χ2n) is 5.85. The van der Waals surface area contributed by atoms with Crippen molar-refractivity contribution < 1.29 is 0 Å².